The Kier molecular flexibility index (Phi) is 5.70. The van der Waals surface area contributed by atoms with Crippen LogP contribution in [0.3, 0.4) is 0 Å². The van der Waals surface area contributed by atoms with Crippen molar-refractivity contribution in [3.8, 4) is 5.75 Å². The molecular weight excluding hydrogens is 216 g/mol. The molecule has 0 saturated carbocycles. The molecule has 0 aliphatic carbocycles. The van der Waals surface area contributed by atoms with Gasteiger partial charge in [0.05, 0.1) is 6.61 Å². The largest absolute Gasteiger partial charge is 0.494 e. The molecule has 17 heavy (non-hydrogen) atoms. The predicted octanol–water partition coefficient (Wildman–Crippen LogP) is 2.82. The average molecular weight is 236 g/mol. The Bertz CT molecular complexity index is 343. The van der Waals surface area contributed by atoms with Crippen LogP contribution in [0.1, 0.15) is 43.5 Å². The quantitative estimate of drug-likeness (QED) is 0.740. The molecule has 1 N–H and O–H groups in total. The van der Waals surface area contributed by atoms with Crippen molar-refractivity contribution >= 4 is 5.78 Å². The van der Waals surface area contributed by atoms with E-state index in [0.717, 1.165) is 18.6 Å². The fourth-order valence-electron chi connectivity index (χ4n) is 1.53. The number of benzene rings is 1. The molecule has 1 rings (SSSR count). The minimum atomic E-state index is -0.887. The van der Waals surface area contributed by atoms with E-state index in [0.29, 0.717) is 18.6 Å². The van der Waals surface area contributed by atoms with Crippen LogP contribution in [0, 0.1) is 0 Å². The molecule has 1 aromatic rings. The van der Waals surface area contributed by atoms with Crippen LogP contribution in [0.15, 0.2) is 24.3 Å². The number of carbonyl (C=O) groups is 1. The van der Waals surface area contributed by atoms with Gasteiger partial charge in [-0.15, -0.1) is 0 Å². The van der Waals surface area contributed by atoms with E-state index in [1.807, 2.05) is 13.8 Å². The van der Waals surface area contributed by atoms with Crippen molar-refractivity contribution in [2.75, 3.05) is 6.61 Å². The highest BCUT2D eigenvalue weighted by atomic mass is 16.5. The van der Waals surface area contributed by atoms with Crippen molar-refractivity contribution in [2.45, 2.75) is 39.2 Å². The lowest BCUT2D eigenvalue weighted by molar-refractivity contribution is 0.0729. The molecule has 0 bridgehead atoms. The highest BCUT2D eigenvalue weighted by Gasteiger charge is 2.15. The van der Waals surface area contributed by atoms with Crippen LogP contribution in [0.2, 0.25) is 0 Å². The number of carbonyl (C=O) groups excluding carboxylic acids is 1. The highest BCUT2D eigenvalue weighted by molar-refractivity contribution is 5.99. The number of ketones is 1. The zero-order valence-corrected chi connectivity index (χ0v) is 10.5. The Morgan fingerprint density at radius 1 is 1.24 bits per heavy atom. The molecule has 0 fully saturated rings. The SMILES string of the molecule is CCCOc1ccc(C(=O)C(O)CCC)cc1. The van der Waals surface area contributed by atoms with Gasteiger partial charge in [-0.05, 0) is 37.1 Å². The maximum Gasteiger partial charge on any atom is 0.191 e. The predicted molar refractivity (Wildman–Crippen MR) is 67.5 cm³/mol. The summed E-state index contributed by atoms with van der Waals surface area (Å²) in [6.07, 6.45) is 1.37. The van der Waals surface area contributed by atoms with Gasteiger partial charge in [0.15, 0.2) is 5.78 Å². The van der Waals surface area contributed by atoms with Crippen molar-refractivity contribution in [1.29, 1.82) is 0 Å². The molecule has 1 aromatic carbocycles. The third-order valence-electron chi connectivity index (χ3n) is 2.48. The molecule has 94 valence electrons. The van der Waals surface area contributed by atoms with Crippen molar-refractivity contribution in [3.05, 3.63) is 29.8 Å². The van der Waals surface area contributed by atoms with E-state index >= 15 is 0 Å². The first-order valence-electron chi connectivity index (χ1n) is 6.14. The zero-order chi connectivity index (χ0) is 12.7. The smallest absolute Gasteiger partial charge is 0.191 e. The molecule has 0 aliphatic rings. The Morgan fingerprint density at radius 3 is 2.41 bits per heavy atom. The Balaban J connectivity index is 2.63. The van der Waals surface area contributed by atoms with Crippen LogP contribution in [-0.2, 0) is 0 Å². The normalized spacial score (nSPS) is 12.2. The number of rotatable bonds is 7. The van der Waals surface area contributed by atoms with Crippen LogP contribution < -0.4 is 4.74 Å². The summed E-state index contributed by atoms with van der Waals surface area (Å²) < 4.78 is 5.42. The maximum absolute atomic E-state index is 11.8. The maximum atomic E-state index is 11.8. The van der Waals surface area contributed by atoms with Crippen LogP contribution >= 0.6 is 0 Å². The summed E-state index contributed by atoms with van der Waals surface area (Å²) >= 11 is 0. The van der Waals surface area contributed by atoms with Gasteiger partial charge in [-0.25, -0.2) is 0 Å². The molecule has 0 aromatic heterocycles. The first-order valence-corrected chi connectivity index (χ1v) is 6.14. The van der Waals surface area contributed by atoms with Gasteiger partial charge in [0.25, 0.3) is 0 Å². The second kappa shape index (κ2) is 7.07. The number of hydrogen-bond acceptors (Lipinski definition) is 3. The van der Waals surface area contributed by atoms with E-state index in [2.05, 4.69) is 0 Å². The lowest BCUT2D eigenvalue weighted by Gasteiger charge is -2.09. The first kappa shape index (κ1) is 13.7. The van der Waals surface area contributed by atoms with Crippen LogP contribution in [0.5, 0.6) is 5.75 Å². The van der Waals surface area contributed by atoms with Gasteiger partial charge in [-0.2, -0.15) is 0 Å². The summed E-state index contributed by atoms with van der Waals surface area (Å²) in [5, 5.41) is 9.60. The van der Waals surface area contributed by atoms with E-state index < -0.39 is 6.10 Å². The van der Waals surface area contributed by atoms with Gasteiger partial charge in [0.1, 0.15) is 11.9 Å². The topological polar surface area (TPSA) is 46.5 Å². The molecular formula is C14H20O3. The Labute approximate surface area is 102 Å². The fraction of sp³-hybridized carbons (Fsp3) is 0.500. The van der Waals surface area contributed by atoms with Crippen LogP contribution in [0.4, 0.5) is 0 Å². The molecule has 0 heterocycles. The summed E-state index contributed by atoms with van der Waals surface area (Å²) in [6.45, 7) is 4.66. The van der Waals surface area contributed by atoms with E-state index in [-0.39, 0.29) is 5.78 Å². The Morgan fingerprint density at radius 2 is 1.88 bits per heavy atom. The average Bonchev–Trinajstić information content (AvgIpc) is 2.36. The van der Waals surface area contributed by atoms with Gasteiger partial charge in [-0.3, -0.25) is 4.79 Å². The molecule has 0 aliphatic heterocycles. The van der Waals surface area contributed by atoms with E-state index in [4.69, 9.17) is 4.74 Å². The second-order valence-electron chi connectivity index (χ2n) is 4.04. The van der Waals surface area contributed by atoms with Crippen molar-refractivity contribution in [2.24, 2.45) is 0 Å². The molecule has 0 radical (unpaired) electrons. The summed E-state index contributed by atoms with van der Waals surface area (Å²) in [4.78, 5) is 11.8. The highest BCUT2D eigenvalue weighted by Crippen LogP contribution is 2.15. The standard InChI is InChI=1S/C14H20O3/c1-3-5-13(15)14(16)11-6-8-12(9-7-11)17-10-4-2/h6-9,13,15H,3-5,10H2,1-2H3. The molecule has 1 atom stereocenters. The van der Waals surface area contributed by atoms with Crippen LogP contribution in [0.25, 0.3) is 0 Å². The van der Waals surface area contributed by atoms with Gasteiger partial charge >= 0.3 is 0 Å². The number of Topliss-reactive ketones (excluding diaryl/α,β-unsaturated/α-hetero) is 1. The summed E-state index contributed by atoms with van der Waals surface area (Å²) in [5.41, 5.74) is 0.537. The van der Waals surface area contributed by atoms with Crippen molar-refractivity contribution in [1.82, 2.24) is 0 Å². The summed E-state index contributed by atoms with van der Waals surface area (Å²) in [6, 6.07) is 6.93. The summed E-state index contributed by atoms with van der Waals surface area (Å²) in [5.74, 6) is 0.544. The van der Waals surface area contributed by atoms with Crippen molar-refractivity contribution < 1.29 is 14.6 Å². The van der Waals surface area contributed by atoms with Gasteiger partial charge < -0.3 is 9.84 Å². The molecule has 1 unspecified atom stereocenters. The van der Waals surface area contributed by atoms with Crippen molar-refractivity contribution in [3.63, 3.8) is 0 Å². The van der Waals surface area contributed by atoms with E-state index in [9.17, 15) is 9.90 Å². The zero-order valence-electron chi connectivity index (χ0n) is 10.5. The molecule has 0 amide bonds. The van der Waals surface area contributed by atoms with Gasteiger partial charge in [-0.1, -0.05) is 20.3 Å². The second-order valence-corrected chi connectivity index (χ2v) is 4.04. The number of hydrogen-bond donors (Lipinski definition) is 1. The molecule has 0 saturated heterocycles. The fourth-order valence-corrected chi connectivity index (χ4v) is 1.53. The number of aliphatic hydroxyl groups excluding tert-OH is 1. The molecule has 3 heteroatoms. The third kappa shape index (κ3) is 4.19. The lowest BCUT2D eigenvalue weighted by Crippen LogP contribution is -2.19. The van der Waals surface area contributed by atoms with Gasteiger partial charge in [0, 0.05) is 5.56 Å². The number of aliphatic hydroxyl groups is 1. The molecule has 3 nitrogen and oxygen atoms in total. The monoisotopic (exact) mass is 236 g/mol. The van der Waals surface area contributed by atoms with Crippen LogP contribution in [-0.4, -0.2) is 23.6 Å². The number of ether oxygens (including phenoxy) is 1. The Hall–Kier alpha value is -1.35. The lowest BCUT2D eigenvalue weighted by atomic mass is 10.0. The minimum Gasteiger partial charge on any atom is -0.494 e. The first-order chi connectivity index (χ1) is 8.19. The molecule has 0 spiro atoms. The van der Waals surface area contributed by atoms with E-state index in [1.165, 1.54) is 0 Å². The van der Waals surface area contributed by atoms with E-state index in [1.54, 1.807) is 24.3 Å². The van der Waals surface area contributed by atoms with Gasteiger partial charge in [0.2, 0.25) is 0 Å². The minimum absolute atomic E-state index is 0.214. The third-order valence-corrected chi connectivity index (χ3v) is 2.48. The summed E-state index contributed by atoms with van der Waals surface area (Å²) in [7, 11) is 0.